The molecule has 0 aromatic heterocycles. The van der Waals surface area contributed by atoms with Crippen LogP contribution in [0.4, 0.5) is 11.4 Å². The van der Waals surface area contributed by atoms with Gasteiger partial charge in [0.05, 0.1) is 36.5 Å². The lowest BCUT2D eigenvalue weighted by Gasteiger charge is -2.31. The Morgan fingerprint density at radius 1 is 0.951 bits per heavy atom. The first kappa shape index (κ1) is 30.4. The fraction of sp³-hybridized carbons (Fsp3) is 0.345. The molecule has 0 unspecified atom stereocenters. The summed E-state index contributed by atoms with van der Waals surface area (Å²) < 4.78 is 66.2. The number of rotatable bonds is 12. The molecule has 10 nitrogen and oxygen atoms in total. The zero-order valence-electron chi connectivity index (χ0n) is 23.1. The zero-order valence-corrected chi connectivity index (χ0v) is 24.7. The van der Waals surface area contributed by atoms with Crippen LogP contribution in [0, 0.1) is 5.92 Å². The number of ether oxygens (including phenoxy) is 2. The number of methoxy groups -OCH3 is 2. The molecule has 0 aliphatic carbocycles. The Kier molecular flexibility index (Phi) is 9.90. The first-order valence-corrected chi connectivity index (χ1v) is 16.4. The van der Waals surface area contributed by atoms with Gasteiger partial charge in [0.25, 0.3) is 10.0 Å². The van der Waals surface area contributed by atoms with Gasteiger partial charge in [0.1, 0.15) is 11.5 Å². The van der Waals surface area contributed by atoms with E-state index in [1.165, 1.54) is 48.9 Å². The van der Waals surface area contributed by atoms with Crippen molar-refractivity contribution in [2.45, 2.75) is 30.6 Å². The third kappa shape index (κ3) is 7.99. The number of sulfonamides is 2. The van der Waals surface area contributed by atoms with E-state index in [0.29, 0.717) is 49.4 Å². The second-order valence-corrected chi connectivity index (χ2v) is 13.6. The molecule has 1 saturated heterocycles. The maximum absolute atomic E-state index is 13.0. The van der Waals surface area contributed by atoms with Crippen molar-refractivity contribution in [3.05, 3.63) is 78.4 Å². The number of carbonyl (C=O) groups is 1. The van der Waals surface area contributed by atoms with Crippen molar-refractivity contribution in [2.24, 2.45) is 5.92 Å². The normalized spacial score (nSPS) is 16.1. The number of nitrogens with zero attached hydrogens (tertiary/aromatic N) is 1. The van der Waals surface area contributed by atoms with Gasteiger partial charge in [-0.15, -0.1) is 0 Å². The van der Waals surface area contributed by atoms with Gasteiger partial charge in [0.2, 0.25) is 15.9 Å². The van der Waals surface area contributed by atoms with Crippen molar-refractivity contribution >= 4 is 37.3 Å². The van der Waals surface area contributed by atoms with Gasteiger partial charge >= 0.3 is 0 Å². The van der Waals surface area contributed by atoms with E-state index >= 15 is 0 Å². The highest BCUT2D eigenvalue weighted by Crippen LogP contribution is 2.31. The average Bonchev–Trinajstić information content (AvgIpc) is 2.97. The van der Waals surface area contributed by atoms with Gasteiger partial charge in [0.15, 0.2) is 0 Å². The minimum absolute atomic E-state index is 0.00851. The van der Waals surface area contributed by atoms with Crippen LogP contribution in [-0.2, 0) is 31.3 Å². The minimum Gasteiger partial charge on any atom is -0.497 e. The molecule has 12 heteroatoms. The fourth-order valence-electron chi connectivity index (χ4n) is 4.70. The molecule has 1 heterocycles. The number of amides is 1. The number of aryl methyl sites for hydroxylation is 1. The average molecular weight is 602 g/mol. The van der Waals surface area contributed by atoms with Crippen LogP contribution in [-0.4, -0.2) is 60.1 Å². The number of benzene rings is 3. The quantitative estimate of drug-likeness (QED) is 0.319. The predicted octanol–water partition coefficient (Wildman–Crippen LogP) is 4.12. The summed E-state index contributed by atoms with van der Waals surface area (Å²) >= 11 is 0. The molecule has 0 spiro atoms. The highest BCUT2D eigenvalue weighted by atomic mass is 32.2. The molecular formula is C29H35N3O7S2. The van der Waals surface area contributed by atoms with Crippen molar-refractivity contribution in [1.29, 1.82) is 0 Å². The van der Waals surface area contributed by atoms with Gasteiger partial charge in [-0.3, -0.25) is 9.52 Å². The van der Waals surface area contributed by atoms with E-state index in [1.807, 2.05) is 30.3 Å². The lowest BCUT2D eigenvalue weighted by atomic mass is 9.99. The molecule has 3 aromatic carbocycles. The highest BCUT2D eigenvalue weighted by molar-refractivity contribution is 7.92. The SMILES string of the molecule is COc1ccc(OC)c(NS(=O)(=O)c2ccc(NC(=O)[C@@H]3CCCN(S(=O)(=O)CCCc4ccccc4)C3)cc2)c1. The van der Waals surface area contributed by atoms with Gasteiger partial charge in [-0.05, 0) is 67.6 Å². The van der Waals surface area contributed by atoms with E-state index in [9.17, 15) is 21.6 Å². The topological polar surface area (TPSA) is 131 Å². The molecule has 1 amide bonds. The molecule has 1 atom stereocenters. The summed E-state index contributed by atoms with van der Waals surface area (Å²) in [6.45, 7) is 0.521. The monoisotopic (exact) mass is 601 g/mol. The van der Waals surface area contributed by atoms with Crippen molar-refractivity contribution < 1.29 is 31.1 Å². The van der Waals surface area contributed by atoms with Crippen LogP contribution in [0.5, 0.6) is 11.5 Å². The largest absolute Gasteiger partial charge is 0.497 e. The zero-order chi connectivity index (χ0) is 29.5. The lowest BCUT2D eigenvalue weighted by Crippen LogP contribution is -2.44. The molecule has 0 saturated carbocycles. The molecule has 3 aromatic rings. The molecule has 1 fully saturated rings. The summed E-state index contributed by atoms with van der Waals surface area (Å²) in [7, 11) is -4.53. The van der Waals surface area contributed by atoms with Crippen molar-refractivity contribution in [1.82, 2.24) is 4.31 Å². The second-order valence-electron chi connectivity index (χ2n) is 9.79. The van der Waals surface area contributed by atoms with Gasteiger partial charge in [-0.25, -0.2) is 21.1 Å². The first-order valence-electron chi connectivity index (χ1n) is 13.3. The Labute approximate surface area is 241 Å². The maximum Gasteiger partial charge on any atom is 0.262 e. The number of nitrogens with one attached hydrogen (secondary N) is 2. The van der Waals surface area contributed by atoms with E-state index in [1.54, 1.807) is 12.1 Å². The van der Waals surface area contributed by atoms with Crippen molar-refractivity contribution in [2.75, 3.05) is 43.1 Å². The van der Waals surface area contributed by atoms with Crippen LogP contribution in [0.3, 0.4) is 0 Å². The Balaban J connectivity index is 1.34. The number of anilines is 2. The van der Waals surface area contributed by atoms with E-state index in [4.69, 9.17) is 9.47 Å². The van der Waals surface area contributed by atoms with E-state index in [-0.39, 0.29) is 28.8 Å². The highest BCUT2D eigenvalue weighted by Gasteiger charge is 2.32. The summed E-state index contributed by atoms with van der Waals surface area (Å²) in [6, 6.07) is 20.3. The van der Waals surface area contributed by atoms with Crippen LogP contribution in [0.25, 0.3) is 0 Å². The van der Waals surface area contributed by atoms with E-state index < -0.39 is 26.0 Å². The standard InChI is InChI=1S/C29H35N3O7S2/c1-38-25-14-17-28(39-2)27(20-25)31-41(36,37)26-15-12-24(13-16-26)30-29(33)23-11-6-18-32(21-23)40(34,35)19-7-10-22-8-4-3-5-9-22/h3-5,8-9,12-17,20,23,31H,6-7,10-11,18-19,21H2,1-2H3,(H,30,33)/t23-/m1/s1. The molecule has 4 rings (SSSR count). The Morgan fingerprint density at radius 3 is 2.37 bits per heavy atom. The Morgan fingerprint density at radius 2 is 1.68 bits per heavy atom. The number of hydrogen-bond donors (Lipinski definition) is 2. The molecule has 2 N–H and O–H groups in total. The molecule has 1 aliphatic rings. The maximum atomic E-state index is 13.0. The van der Waals surface area contributed by atoms with Crippen molar-refractivity contribution in [3.8, 4) is 11.5 Å². The van der Waals surface area contributed by atoms with E-state index in [0.717, 1.165) is 5.56 Å². The summed E-state index contributed by atoms with van der Waals surface area (Å²) in [5.74, 6) is 0.0186. The fourth-order valence-corrected chi connectivity index (χ4v) is 7.34. The van der Waals surface area contributed by atoms with Gasteiger partial charge in [-0.2, -0.15) is 0 Å². The van der Waals surface area contributed by atoms with Crippen LogP contribution < -0.4 is 19.5 Å². The molecule has 1 aliphatic heterocycles. The summed E-state index contributed by atoms with van der Waals surface area (Å²) in [5.41, 5.74) is 1.73. The van der Waals surface area contributed by atoms with E-state index in [2.05, 4.69) is 10.0 Å². The lowest BCUT2D eigenvalue weighted by molar-refractivity contribution is -0.120. The molecular weight excluding hydrogens is 566 g/mol. The number of carbonyl (C=O) groups excluding carboxylic acids is 1. The predicted molar refractivity (Wildman–Crippen MR) is 158 cm³/mol. The number of hydrogen-bond acceptors (Lipinski definition) is 7. The summed E-state index contributed by atoms with van der Waals surface area (Å²) in [4.78, 5) is 13.0. The van der Waals surface area contributed by atoms with Crippen LogP contribution in [0.1, 0.15) is 24.8 Å². The molecule has 41 heavy (non-hydrogen) atoms. The Hall–Kier alpha value is -3.61. The number of piperidine rings is 1. The molecule has 0 radical (unpaired) electrons. The third-order valence-electron chi connectivity index (χ3n) is 6.94. The summed E-state index contributed by atoms with van der Waals surface area (Å²) in [5, 5.41) is 2.80. The molecule has 0 bridgehead atoms. The minimum atomic E-state index is -3.96. The Bertz CT molecular complexity index is 1540. The first-order chi connectivity index (χ1) is 19.6. The van der Waals surface area contributed by atoms with Crippen LogP contribution in [0.2, 0.25) is 0 Å². The van der Waals surface area contributed by atoms with Gasteiger partial charge < -0.3 is 14.8 Å². The van der Waals surface area contributed by atoms with Gasteiger partial charge in [-0.1, -0.05) is 30.3 Å². The second kappa shape index (κ2) is 13.4. The van der Waals surface area contributed by atoms with Crippen LogP contribution in [0.15, 0.2) is 77.7 Å². The molecule has 220 valence electrons. The van der Waals surface area contributed by atoms with Crippen molar-refractivity contribution in [3.63, 3.8) is 0 Å². The smallest absolute Gasteiger partial charge is 0.262 e. The van der Waals surface area contributed by atoms with Gasteiger partial charge in [0, 0.05) is 24.8 Å². The van der Waals surface area contributed by atoms with Crippen LogP contribution >= 0.6 is 0 Å². The summed E-state index contributed by atoms with van der Waals surface area (Å²) in [6.07, 6.45) is 2.34. The third-order valence-corrected chi connectivity index (χ3v) is 10.2.